The van der Waals surface area contributed by atoms with Crippen LogP contribution in [0.2, 0.25) is 0 Å². The summed E-state index contributed by atoms with van der Waals surface area (Å²) < 4.78 is 26.0. The fraction of sp³-hybridized carbons (Fsp3) is 0.154. The lowest BCUT2D eigenvalue weighted by molar-refractivity contribution is -0.137. The zero-order chi connectivity index (χ0) is 23.4. The molecule has 33 heavy (non-hydrogen) atoms. The van der Waals surface area contributed by atoms with Gasteiger partial charge in [-0.05, 0) is 72.8 Å². The Morgan fingerprint density at radius 3 is 1.88 bits per heavy atom. The zero-order valence-corrected chi connectivity index (χ0v) is 18.3. The summed E-state index contributed by atoms with van der Waals surface area (Å²) in [7, 11) is 3.20. The van der Waals surface area contributed by atoms with E-state index in [0.717, 1.165) is 16.8 Å². The molecule has 6 nitrogen and oxygen atoms in total. The van der Waals surface area contributed by atoms with E-state index in [1.165, 1.54) is 12.1 Å². The molecule has 0 saturated carbocycles. The number of hydrogen-bond donors (Lipinski definition) is 1. The van der Waals surface area contributed by atoms with Crippen molar-refractivity contribution in [1.82, 2.24) is 9.55 Å². The number of nitrogens with zero attached hydrogens (tertiary/aromatic N) is 2. The molecule has 0 aliphatic heterocycles. The molecule has 4 aromatic rings. The molecule has 4 rings (SSSR count). The van der Waals surface area contributed by atoms with Gasteiger partial charge in [0.1, 0.15) is 23.1 Å². The Kier molecular flexibility index (Phi) is 6.40. The predicted molar refractivity (Wildman–Crippen MR) is 124 cm³/mol. The van der Waals surface area contributed by atoms with Crippen LogP contribution in [0.1, 0.15) is 6.42 Å². The maximum Gasteiger partial charge on any atom is 0.305 e. The summed E-state index contributed by atoms with van der Waals surface area (Å²) >= 11 is 0. The van der Waals surface area contributed by atoms with E-state index < -0.39 is 5.97 Å². The number of aliphatic carboxylic acids is 1. The van der Waals surface area contributed by atoms with Gasteiger partial charge in [-0.2, -0.15) is 0 Å². The van der Waals surface area contributed by atoms with Gasteiger partial charge in [-0.1, -0.05) is 0 Å². The summed E-state index contributed by atoms with van der Waals surface area (Å²) in [5, 5.41) is 9.37. The van der Waals surface area contributed by atoms with Gasteiger partial charge in [0.05, 0.1) is 32.0 Å². The van der Waals surface area contributed by atoms with Crippen molar-refractivity contribution in [2.45, 2.75) is 13.0 Å². The summed E-state index contributed by atoms with van der Waals surface area (Å²) in [5.74, 6) is 0.718. The molecule has 3 aromatic carbocycles. The maximum absolute atomic E-state index is 13.6. The van der Waals surface area contributed by atoms with Crippen molar-refractivity contribution in [3.8, 4) is 45.4 Å². The van der Waals surface area contributed by atoms with Crippen molar-refractivity contribution < 1.29 is 23.8 Å². The lowest BCUT2D eigenvalue weighted by Gasteiger charge is -2.13. The molecule has 0 atom stereocenters. The molecule has 0 amide bonds. The number of carboxylic acid groups (broad SMARTS) is 1. The van der Waals surface area contributed by atoms with Crippen LogP contribution in [0.5, 0.6) is 11.5 Å². The van der Waals surface area contributed by atoms with E-state index in [9.17, 15) is 14.3 Å². The van der Waals surface area contributed by atoms with E-state index >= 15 is 0 Å². The van der Waals surface area contributed by atoms with Crippen molar-refractivity contribution in [2.24, 2.45) is 0 Å². The molecular formula is C26H23FN2O4. The molecule has 1 aromatic heterocycles. The quantitative estimate of drug-likeness (QED) is 0.386. The van der Waals surface area contributed by atoms with Crippen molar-refractivity contribution >= 4 is 5.97 Å². The highest BCUT2D eigenvalue weighted by atomic mass is 19.1. The molecule has 168 valence electrons. The van der Waals surface area contributed by atoms with E-state index in [1.54, 1.807) is 26.4 Å². The van der Waals surface area contributed by atoms with E-state index in [0.29, 0.717) is 28.6 Å². The highest BCUT2D eigenvalue weighted by Crippen LogP contribution is 2.37. The SMILES string of the molecule is COc1ccc(-c2nc(-c3ccc(F)cc3)n(CCC(=O)O)c2-c2ccc(OC)cc2)cc1. The minimum atomic E-state index is -0.916. The number of benzene rings is 3. The van der Waals surface area contributed by atoms with Crippen LogP contribution in [0.15, 0.2) is 72.8 Å². The number of methoxy groups -OCH3 is 2. The number of carboxylic acids is 1. The summed E-state index contributed by atoms with van der Waals surface area (Å²) in [5.41, 5.74) is 3.85. The minimum absolute atomic E-state index is 0.0875. The van der Waals surface area contributed by atoms with Gasteiger partial charge in [-0.3, -0.25) is 4.79 Å². The Labute approximate surface area is 190 Å². The summed E-state index contributed by atoms with van der Waals surface area (Å²) in [4.78, 5) is 16.3. The van der Waals surface area contributed by atoms with E-state index in [1.807, 2.05) is 53.1 Å². The van der Waals surface area contributed by atoms with Gasteiger partial charge in [0.2, 0.25) is 0 Å². The number of aromatic nitrogens is 2. The van der Waals surface area contributed by atoms with Gasteiger partial charge >= 0.3 is 5.97 Å². The summed E-state index contributed by atoms with van der Waals surface area (Å²) in [6.07, 6.45) is -0.0875. The molecule has 7 heteroatoms. The van der Waals surface area contributed by atoms with Gasteiger partial charge in [-0.15, -0.1) is 0 Å². The molecule has 0 unspecified atom stereocenters. The molecule has 0 saturated heterocycles. The van der Waals surface area contributed by atoms with Gasteiger partial charge in [0.15, 0.2) is 0 Å². The zero-order valence-electron chi connectivity index (χ0n) is 18.3. The van der Waals surface area contributed by atoms with Crippen LogP contribution < -0.4 is 9.47 Å². The summed E-state index contributed by atoms with van der Waals surface area (Å²) in [6, 6.07) is 21.0. The fourth-order valence-corrected chi connectivity index (χ4v) is 3.69. The van der Waals surface area contributed by atoms with Crippen LogP contribution in [0, 0.1) is 5.82 Å². The van der Waals surface area contributed by atoms with Crippen LogP contribution in [0.4, 0.5) is 4.39 Å². The number of rotatable bonds is 8. The minimum Gasteiger partial charge on any atom is -0.497 e. The Balaban J connectivity index is 1.96. The first kappa shape index (κ1) is 22.1. The average Bonchev–Trinajstić information content (AvgIpc) is 3.22. The van der Waals surface area contributed by atoms with Crippen molar-refractivity contribution in [2.75, 3.05) is 14.2 Å². The summed E-state index contributed by atoms with van der Waals surface area (Å²) in [6.45, 7) is 0.201. The van der Waals surface area contributed by atoms with Crippen LogP contribution in [-0.4, -0.2) is 34.8 Å². The van der Waals surface area contributed by atoms with Gasteiger partial charge in [0.25, 0.3) is 0 Å². The third-order valence-electron chi connectivity index (χ3n) is 5.35. The molecule has 0 aliphatic rings. The van der Waals surface area contributed by atoms with E-state index in [-0.39, 0.29) is 18.8 Å². The second-order valence-electron chi connectivity index (χ2n) is 7.39. The lowest BCUT2D eigenvalue weighted by Crippen LogP contribution is -2.08. The molecular weight excluding hydrogens is 423 g/mol. The first-order chi connectivity index (χ1) is 16.0. The molecule has 0 aliphatic carbocycles. The Bertz CT molecular complexity index is 1250. The van der Waals surface area contributed by atoms with Crippen molar-refractivity contribution in [3.05, 3.63) is 78.6 Å². The number of imidazole rings is 1. The van der Waals surface area contributed by atoms with Gasteiger partial charge in [0, 0.05) is 23.2 Å². The lowest BCUT2D eigenvalue weighted by atomic mass is 10.0. The standard InChI is InChI=1S/C26H23FN2O4/c1-32-21-11-5-17(6-12-21)24-25(18-7-13-22(33-2)14-8-18)29(16-15-23(30)31)26(28-24)19-3-9-20(27)10-4-19/h3-14H,15-16H2,1-2H3,(H,30,31). The normalized spacial score (nSPS) is 10.8. The maximum atomic E-state index is 13.6. The van der Waals surface area contributed by atoms with Crippen LogP contribution in [-0.2, 0) is 11.3 Å². The monoisotopic (exact) mass is 446 g/mol. The molecule has 0 spiro atoms. The van der Waals surface area contributed by atoms with Crippen LogP contribution in [0.25, 0.3) is 33.9 Å². The highest BCUT2D eigenvalue weighted by molar-refractivity contribution is 5.82. The number of hydrogen-bond acceptors (Lipinski definition) is 4. The second-order valence-corrected chi connectivity index (χ2v) is 7.39. The Morgan fingerprint density at radius 2 is 1.36 bits per heavy atom. The predicted octanol–water partition coefficient (Wildman–Crippen LogP) is 5.52. The smallest absolute Gasteiger partial charge is 0.305 e. The van der Waals surface area contributed by atoms with Crippen molar-refractivity contribution in [1.29, 1.82) is 0 Å². The van der Waals surface area contributed by atoms with Crippen molar-refractivity contribution in [3.63, 3.8) is 0 Å². The van der Waals surface area contributed by atoms with Gasteiger partial charge in [-0.25, -0.2) is 9.37 Å². The molecule has 0 fully saturated rings. The van der Waals surface area contributed by atoms with E-state index in [4.69, 9.17) is 14.5 Å². The second kappa shape index (κ2) is 9.56. The third kappa shape index (κ3) is 4.72. The molecule has 1 N–H and O–H groups in total. The molecule has 1 heterocycles. The molecule has 0 bridgehead atoms. The first-order valence-electron chi connectivity index (χ1n) is 10.4. The molecule has 0 radical (unpaired) electrons. The number of halogens is 1. The first-order valence-corrected chi connectivity index (χ1v) is 10.4. The highest BCUT2D eigenvalue weighted by Gasteiger charge is 2.22. The van der Waals surface area contributed by atoms with Crippen LogP contribution in [0.3, 0.4) is 0 Å². The average molecular weight is 446 g/mol. The topological polar surface area (TPSA) is 73.6 Å². The fourth-order valence-electron chi connectivity index (χ4n) is 3.69. The number of carbonyl (C=O) groups is 1. The Hall–Kier alpha value is -4.13. The third-order valence-corrected chi connectivity index (χ3v) is 5.35. The number of ether oxygens (including phenoxy) is 2. The van der Waals surface area contributed by atoms with Crippen LogP contribution >= 0.6 is 0 Å². The van der Waals surface area contributed by atoms with Gasteiger partial charge < -0.3 is 19.1 Å². The largest absolute Gasteiger partial charge is 0.497 e. The Morgan fingerprint density at radius 1 is 0.848 bits per heavy atom. The van der Waals surface area contributed by atoms with E-state index in [2.05, 4.69) is 0 Å².